The summed E-state index contributed by atoms with van der Waals surface area (Å²) in [6, 6.07) is 14.2. The van der Waals surface area contributed by atoms with Gasteiger partial charge in [0.1, 0.15) is 6.29 Å². The maximum Gasteiger partial charge on any atom is 0.333 e. The van der Waals surface area contributed by atoms with Crippen molar-refractivity contribution in [3.8, 4) is 0 Å². The van der Waals surface area contributed by atoms with E-state index in [4.69, 9.17) is 20.1 Å². The van der Waals surface area contributed by atoms with Gasteiger partial charge < -0.3 is 20.1 Å². The molecule has 2 saturated carbocycles. The van der Waals surface area contributed by atoms with E-state index in [-0.39, 0.29) is 17.8 Å². The molecule has 6 nitrogen and oxygen atoms in total. The standard InChI is InChI=1S/C31H46O.C4H6O3.C4H6O2/c1-4-5-6-7-24-8-10-25(11-9-24)26-12-14-27(15-13-26)29-18-19-30-20-28(23(2)22-32-3)16-17-31(30)21-29;1-3(2-5)4(6)7;1-4(2-5)3-6/h16-21,23-27H,4-15,22H2,1-3H3;5H,1-2H2,(H,6,7);2,6H,1,3H2. The van der Waals surface area contributed by atoms with Crippen molar-refractivity contribution in [2.75, 3.05) is 26.9 Å². The normalized spacial score (nSPS) is 21.8. The predicted octanol–water partition coefficient (Wildman–Crippen LogP) is 8.60. The van der Waals surface area contributed by atoms with E-state index in [1.54, 1.807) is 12.7 Å². The van der Waals surface area contributed by atoms with Crippen LogP contribution in [0.4, 0.5) is 0 Å². The molecule has 0 aromatic heterocycles. The van der Waals surface area contributed by atoms with Crippen LogP contribution < -0.4 is 0 Å². The zero-order chi connectivity index (χ0) is 33.2. The number of aldehydes is 1. The predicted molar refractivity (Wildman–Crippen MR) is 185 cm³/mol. The van der Waals surface area contributed by atoms with Gasteiger partial charge in [-0.05, 0) is 84.1 Å². The molecule has 2 aromatic carbocycles. The second-order valence-electron chi connectivity index (χ2n) is 13.1. The summed E-state index contributed by atoms with van der Waals surface area (Å²) in [5.74, 6) is 3.15. The van der Waals surface area contributed by atoms with E-state index in [2.05, 4.69) is 63.4 Å². The first-order chi connectivity index (χ1) is 21.7. The first-order valence-corrected chi connectivity index (χ1v) is 16.9. The Morgan fingerprint density at radius 1 is 0.911 bits per heavy atom. The summed E-state index contributed by atoms with van der Waals surface area (Å²) >= 11 is 0. The van der Waals surface area contributed by atoms with Gasteiger partial charge in [0.15, 0.2) is 0 Å². The first-order valence-electron chi connectivity index (χ1n) is 16.9. The summed E-state index contributed by atoms with van der Waals surface area (Å²) in [4.78, 5) is 19.1. The number of methoxy groups -OCH3 is 1. The zero-order valence-electron chi connectivity index (χ0n) is 28.0. The van der Waals surface area contributed by atoms with Crippen molar-refractivity contribution in [1.82, 2.24) is 0 Å². The molecule has 0 aliphatic heterocycles. The molecule has 0 bridgehead atoms. The third kappa shape index (κ3) is 13.2. The fourth-order valence-corrected chi connectivity index (χ4v) is 6.85. The van der Waals surface area contributed by atoms with E-state index in [1.807, 2.05) is 0 Å². The first kappa shape index (κ1) is 38.4. The number of hydrogen-bond acceptors (Lipinski definition) is 5. The third-order valence-corrected chi connectivity index (χ3v) is 9.75. The van der Waals surface area contributed by atoms with Crippen LogP contribution in [0.3, 0.4) is 0 Å². The van der Waals surface area contributed by atoms with Crippen molar-refractivity contribution >= 4 is 23.0 Å². The van der Waals surface area contributed by atoms with Gasteiger partial charge in [0, 0.05) is 18.6 Å². The number of aliphatic carboxylic acids is 1. The Hall–Kier alpha value is -2.80. The summed E-state index contributed by atoms with van der Waals surface area (Å²) in [7, 11) is 1.79. The number of benzene rings is 2. The summed E-state index contributed by atoms with van der Waals surface area (Å²) in [6.07, 6.45) is 18.1. The Bertz CT molecular complexity index is 1190. The highest BCUT2D eigenvalue weighted by Crippen LogP contribution is 2.45. The minimum absolute atomic E-state index is 0.181. The minimum Gasteiger partial charge on any atom is -0.478 e. The van der Waals surface area contributed by atoms with Crippen LogP contribution in [0.1, 0.15) is 114 Å². The maximum atomic E-state index is 9.67. The number of carboxylic acid groups (broad SMARTS) is 1. The average molecular weight is 623 g/mol. The highest BCUT2D eigenvalue weighted by Gasteiger charge is 2.31. The van der Waals surface area contributed by atoms with Gasteiger partial charge >= 0.3 is 5.97 Å². The SMILES string of the molecule is C=C(C=O)CO.C=C(CO)C(=O)O.CCCCCC1CCC(C2CCC(c3ccc4cc(C(C)COC)ccc4c3)CC2)CC1. The number of carboxylic acids is 1. The monoisotopic (exact) mass is 622 g/mol. The lowest BCUT2D eigenvalue weighted by molar-refractivity contribution is -0.133. The molecule has 0 saturated heterocycles. The lowest BCUT2D eigenvalue weighted by Crippen LogP contribution is -2.25. The lowest BCUT2D eigenvalue weighted by Gasteiger charge is -2.38. The van der Waals surface area contributed by atoms with Crippen molar-refractivity contribution in [2.24, 2.45) is 17.8 Å². The topological polar surface area (TPSA) is 104 Å². The van der Waals surface area contributed by atoms with Crippen LogP contribution in [0.2, 0.25) is 0 Å². The Balaban J connectivity index is 0.000000457. The van der Waals surface area contributed by atoms with Gasteiger partial charge in [-0.25, -0.2) is 4.79 Å². The van der Waals surface area contributed by atoms with Gasteiger partial charge in [0.2, 0.25) is 0 Å². The molecule has 2 fully saturated rings. The molecular formula is C39H58O6. The molecule has 2 aliphatic rings. The molecule has 2 aromatic rings. The van der Waals surface area contributed by atoms with Crippen LogP contribution in [0.15, 0.2) is 60.7 Å². The van der Waals surface area contributed by atoms with Crippen molar-refractivity contribution in [3.63, 3.8) is 0 Å². The van der Waals surface area contributed by atoms with Gasteiger partial charge in [-0.1, -0.05) is 102 Å². The molecule has 1 atom stereocenters. The van der Waals surface area contributed by atoms with E-state index in [0.717, 1.165) is 30.3 Å². The molecule has 1 unspecified atom stereocenters. The van der Waals surface area contributed by atoms with Gasteiger partial charge in [0.25, 0.3) is 0 Å². The van der Waals surface area contributed by atoms with Crippen LogP contribution in [-0.4, -0.2) is 54.5 Å². The largest absolute Gasteiger partial charge is 0.478 e. The van der Waals surface area contributed by atoms with Crippen molar-refractivity contribution < 1.29 is 29.6 Å². The number of carbonyl (C=O) groups excluding carboxylic acids is 1. The summed E-state index contributed by atoms with van der Waals surface area (Å²) < 4.78 is 5.35. The number of carbonyl (C=O) groups is 2. The van der Waals surface area contributed by atoms with Crippen LogP contribution >= 0.6 is 0 Å². The molecule has 3 N–H and O–H groups in total. The Morgan fingerprint density at radius 3 is 2.00 bits per heavy atom. The lowest BCUT2D eigenvalue weighted by atomic mass is 9.68. The fourth-order valence-electron chi connectivity index (χ4n) is 6.85. The van der Waals surface area contributed by atoms with Crippen LogP contribution in [0.25, 0.3) is 10.8 Å². The van der Waals surface area contributed by atoms with Crippen LogP contribution in [0.5, 0.6) is 0 Å². The molecule has 45 heavy (non-hydrogen) atoms. The number of ether oxygens (including phenoxy) is 1. The highest BCUT2D eigenvalue weighted by molar-refractivity contribution is 5.86. The van der Waals surface area contributed by atoms with Crippen LogP contribution in [-0.2, 0) is 14.3 Å². The number of hydrogen-bond donors (Lipinski definition) is 3. The summed E-state index contributed by atoms with van der Waals surface area (Å²) in [6.45, 7) is 10.8. The molecule has 6 heteroatoms. The number of unbranched alkanes of at least 4 members (excludes halogenated alkanes) is 2. The average Bonchev–Trinajstić information content (AvgIpc) is 3.08. The number of fused-ring (bicyclic) bond motifs is 1. The van der Waals surface area contributed by atoms with E-state index >= 15 is 0 Å². The van der Waals surface area contributed by atoms with Crippen molar-refractivity contribution in [2.45, 2.75) is 103 Å². The Morgan fingerprint density at radius 2 is 1.51 bits per heavy atom. The third-order valence-electron chi connectivity index (χ3n) is 9.75. The zero-order valence-corrected chi connectivity index (χ0v) is 28.0. The highest BCUT2D eigenvalue weighted by atomic mass is 16.5. The molecular weight excluding hydrogens is 564 g/mol. The maximum absolute atomic E-state index is 9.67. The number of aliphatic hydroxyl groups is 2. The van der Waals surface area contributed by atoms with Gasteiger partial charge in [0.05, 0.1) is 25.4 Å². The molecule has 250 valence electrons. The molecule has 0 radical (unpaired) electrons. The molecule has 2 aliphatic carbocycles. The second kappa shape index (κ2) is 21.1. The van der Waals surface area contributed by atoms with Crippen molar-refractivity contribution in [1.29, 1.82) is 0 Å². The number of rotatable bonds is 13. The quantitative estimate of drug-likeness (QED) is 0.117. The van der Waals surface area contributed by atoms with E-state index in [0.29, 0.717) is 12.2 Å². The van der Waals surface area contributed by atoms with Gasteiger partial charge in [-0.3, -0.25) is 4.79 Å². The van der Waals surface area contributed by atoms with E-state index in [1.165, 1.54) is 93.4 Å². The summed E-state index contributed by atoms with van der Waals surface area (Å²) in [5.41, 5.74) is 3.00. The van der Waals surface area contributed by atoms with Gasteiger partial charge in [-0.15, -0.1) is 0 Å². The minimum atomic E-state index is -1.15. The molecule has 0 amide bonds. The fraction of sp³-hybridized carbons (Fsp3) is 0.590. The molecule has 0 spiro atoms. The molecule has 0 heterocycles. The van der Waals surface area contributed by atoms with E-state index in [9.17, 15) is 9.59 Å². The summed E-state index contributed by atoms with van der Waals surface area (Å²) in [5, 5.41) is 26.7. The second-order valence-corrected chi connectivity index (χ2v) is 13.1. The smallest absolute Gasteiger partial charge is 0.333 e. The van der Waals surface area contributed by atoms with E-state index < -0.39 is 12.6 Å². The van der Waals surface area contributed by atoms with Crippen LogP contribution in [0, 0.1) is 17.8 Å². The van der Waals surface area contributed by atoms with Crippen molar-refractivity contribution in [3.05, 3.63) is 71.8 Å². The Kier molecular flexibility index (Phi) is 18.0. The van der Waals surface area contributed by atoms with Gasteiger partial charge in [-0.2, -0.15) is 0 Å². The number of aliphatic hydroxyl groups excluding tert-OH is 2. The Labute approximate surface area is 271 Å². The molecule has 4 rings (SSSR count).